The number of nitrogens with zero attached hydrogens (tertiary/aromatic N) is 2. The third-order valence-corrected chi connectivity index (χ3v) is 5.28. The highest BCUT2D eigenvalue weighted by Crippen LogP contribution is 2.29. The number of carbonyl (C=O) groups excluding carboxylic acids is 1. The molecule has 1 saturated heterocycles. The summed E-state index contributed by atoms with van der Waals surface area (Å²) in [7, 11) is 3.56. The first-order valence-corrected chi connectivity index (χ1v) is 9.02. The van der Waals surface area contributed by atoms with Crippen LogP contribution in [0.1, 0.15) is 30.9 Å². The number of aromatic nitrogens is 2. The molecule has 26 heavy (non-hydrogen) atoms. The minimum Gasteiger partial charge on any atom is -0.497 e. The molecule has 0 spiro atoms. The van der Waals surface area contributed by atoms with Gasteiger partial charge in [-0.1, -0.05) is 26.0 Å². The number of hydrogen-bond donors (Lipinski definition) is 2. The smallest absolute Gasteiger partial charge is 0.225 e. The van der Waals surface area contributed by atoms with E-state index >= 15 is 0 Å². The molecule has 1 fully saturated rings. The van der Waals surface area contributed by atoms with Gasteiger partial charge in [-0.3, -0.25) is 9.48 Å². The molecule has 3 rings (SSSR count). The standard InChI is InChI=1S/C20H28N4O2/c1-20(2,15-5-7-16(26-4)8-6-15)13-22-19(25)18-11-21-10-17(18)14-9-23-24(3)12-14/h5-9,12,17-18,21H,10-11,13H2,1-4H3,(H,22,25)/t17-,18+/m1/s1. The van der Waals surface area contributed by atoms with Crippen LogP contribution in [-0.2, 0) is 17.3 Å². The Hall–Kier alpha value is -2.34. The maximum atomic E-state index is 12.8. The van der Waals surface area contributed by atoms with Crippen molar-refractivity contribution in [1.82, 2.24) is 20.4 Å². The molecule has 6 heteroatoms. The molecule has 0 saturated carbocycles. The molecule has 0 unspecified atom stereocenters. The van der Waals surface area contributed by atoms with E-state index in [1.54, 1.807) is 11.8 Å². The van der Waals surface area contributed by atoms with Gasteiger partial charge in [-0.15, -0.1) is 0 Å². The monoisotopic (exact) mass is 356 g/mol. The zero-order valence-corrected chi connectivity index (χ0v) is 16.0. The van der Waals surface area contributed by atoms with Gasteiger partial charge in [0, 0.05) is 44.2 Å². The number of carbonyl (C=O) groups is 1. The molecule has 2 atom stereocenters. The fourth-order valence-electron chi connectivity index (χ4n) is 3.52. The number of aryl methyl sites for hydroxylation is 1. The Morgan fingerprint density at radius 2 is 2.08 bits per heavy atom. The largest absolute Gasteiger partial charge is 0.497 e. The first-order chi connectivity index (χ1) is 12.4. The highest BCUT2D eigenvalue weighted by Gasteiger charge is 2.35. The van der Waals surface area contributed by atoms with Crippen LogP contribution in [0.2, 0.25) is 0 Å². The van der Waals surface area contributed by atoms with Gasteiger partial charge in [-0.2, -0.15) is 5.10 Å². The van der Waals surface area contributed by atoms with Gasteiger partial charge in [-0.25, -0.2) is 0 Å². The van der Waals surface area contributed by atoms with E-state index in [4.69, 9.17) is 4.74 Å². The van der Waals surface area contributed by atoms with Gasteiger partial charge < -0.3 is 15.4 Å². The van der Waals surface area contributed by atoms with Crippen molar-refractivity contribution in [2.75, 3.05) is 26.7 Å². The molecule has 1 aromatic heterocycles. The second-order valence-corrected chi connectivity index (χ2v) is 7.65. The Morgan fingerprint density at radius 3 is 2.69 bits per heavy atom. The first kappa shape index (κ1) is 18.5. The lowest BCUT2D eigenvalue weighted by Gasteiger charge is -2.27. The van der Waals surface area contributed by atoms with Crippen LogP contribution in [0.3, 0.4) is 0 Å². The predicted molar refractivity (Wildman–Crippen MR) is 101 cm³/mol. The molecule has 1 aliphatic rings. The van der Waals surface area contributed by atoms with Crippen molar-refractivity contribution in [1.29, 1.82) is 0 Å². The van der Waals surface area contributed by atoms with E-state index in [0.29, 0.717) is 13.1 Å². The normalized spacial score (nSPS) is 20.2. The van der Waals surface area contributed by atoms with Crippen molar-refractivity contribution in [3.8, 4) is 5.75 Å². The van der Waals surface area contributed by atoms with Gasteiger partial charge in [0.15, 0.2) is 0 Å². The van der Waals surface area contributed by atoms with Gasteiger partial charge in [-0.05, 0) is 23.3 Å². The number of benzene rings is 1. The topological polar surface area (TPSA) is 68.2 Å². The van der Waals surface area contributed by atoms with Crippen molar-refractivity contribution in [3.05, 3.63) is 47.8 Å². The number of hydrogen-bond acceptors (Lipinski definition) is 4. The number of amides is 1. The summed E-state index contributed by atoms with van der Waals surface area (Å²) in [6.45, 7) is 6.38. The average molecular weight is 356 g/mol. The summed E-state index contributed by atoms with van der Waals surface area (Å²) < 4.78 is 7.01. The van der Waals surface area contributed by atoms with Gasteiger partial charge >= 0.3 is 0 Å². The molecule has 1 amide bonds. The van der Waals surface area contributed by atoms with Crippen LogP contribution >= 0.6 is 0 Å². The Labute approximate surface area is 154 Å². The molecule has 0 bridgehead atoms. The summed E-state index contributed by atoms with van der Waals surface area (Å²) in [5, 5.41) is 10.7. The van der Waals surface area contributed by atoms with Gasteiger partial charge in [0.2, 0.25) is 5.91 Å². The third kappa shape index (κ3) is 3.90. The molecule has 1 aromatic carbocycles. The van der Waals surface area contributed by atoms with E-state index in [9.17, 15) is 4.79 Å². The maximum absolute atomic E-state index is 12.8. The van der Waals surface area contributed by atoms with Crippen LogP contribution in [0.25, 0.3) is 0 Å². The first-order valence-electron chi connectivity index (χ1n) is 9.02. The molecule has 1 aliphatic heterocycles. The van der Waals surface area contributed by atoms with E-state index in [2.05, 4.69) is 41.7 Å². The van der Waals surface area contributed by atoms with Crippen LogP contribution in [0, 0.1) is 5.92 Å². The summed E-state index contributed by atoms with van der Waals surface area (Å²) in [5.74, 6) is 1.05. The van der Waals surface area contributed by atoms with Gasteiger partial charge in [0.25, 0.3) is 0 Å². The summed E-state index contributed by atoms with van der Waals surface area (Å²) >= 11 is 0. The third-order valence-electron chi connectivity index (χ3n) is 5.28. The maximum Gasteiger partial charge on any atom is 0.225 e. The predicted octanol–water partition coefficient (Wildman–Crippen LogP) is 1.83. The van der Waals surface area contributed by atoms with Crippen molar-refractivity contribution >= 4 is 5.91 Å². The molecule has 2 N–H and O–H groups in total. The molecule has 2 heterocycles. The summed E-state index contributed by atoms with van der Waals surface area (Å²) in [6, 6.07) is 8.03. The molecular formula is C20H28N4O2. The zero-order chi connectivity index (χ0) is 18.7. The number of methoxy groups -OCH3 is 1. The molecule has 140 valence electrons. The van der Waals surface area contributed by atoms with E-state index in [0.717, 1.165) is 17.9 Å². The number of nitrogens with one attached hydrogen (secondary N) is 2. The second-order valence-electron chi connectivity index (χ2n) is 7.65. The Bertz CT molecular complexity index is 751. The lowest BCUT2D eigenvalue weighted by Crippen LogP contribution is -2.41. The van der Waals surface area contributed by atoms with Gasteiger partial charge in [0.1, 0.15) is 5.75 Å². The number of rotatable bonds is 6. The van der Waals surface area contributed by atoms with E-state index < -0.39 is 0 Å². The van der Waals surface area contributed by atoms with Crippen molar-refractivity contribution in [2.24, 2.45) is 13.0 Å². The van der Waals surface area contributed by atoms with Crippen LogP contribution in [0.4, 0.5) is 0 Å². The quantitative estimate of drug-likeness (QED) is 0.829. The molecular weight excluding hydrogens is 328 g/mol. The fourth-order valence-corrected chi connectivity index (χ4v) is 3.52. The molecule has 0 aliphatic carbocycles. The Kier molecular flexibility index (Phi) is 5.32. The van der Waals surface area contributed by atoms with Crippen molar-refractivity contribution in [2.45, 2.75) is 25.2 Å². The van der Waals surface area contributed by atoms with Crippen LogP contribution in [0.5, 0.6) is 5.75 Å². The SMILES string of the molecule is COc1ccc(C(C)(C)CNC(=O)[C@H]2CNC[C@@H]2c2cnn(C)c2)cc1. The minimum absolute atomic E-state index is 0.0640. The van der Waals surface area contributed by atoms with Crippen molar-refractivity contribution < 1.29 is 9.53 Å². The molecule has 0 radical (unpaired) electrons. The minimum atomic E-state index is -0.155. The highest BCUT2D eigenvalue weighted by atomic mass is 16.5. The molecule has 6 nitrogen and oxygen atoms in total. The summed E-state index contributed by atoms with van der Waals surface area (Å²) in [5.41, 5.74) is 2.14. The van der Waals surface area contributed by atoms with Crippen LogP contribution in [0.15, 0.2) is 36.7 Å². The van der Waals surface area contributed by atoms with E-state index in [-0.39, 0.29) is 23.2 Å². The van der Waals surface area contributed by atoms with Crippen molar-refractivity contribution in [3.63, 3.8) is 0 Å². The van der Waals surface area contributed by atoms with E-state index in [1.807, 2.05) is 31.6 Å². The summed E-state index contributed by atoms with van der Waals surface area (Å²) in [4.78, 5) is 12.8. The zero-order valence-electron chi connectivity index (χ0n) is 16.0. The average Bonchev–Trinajstić information content (AvgIpc) is 3.28. The molecule has 2 aromatic rings. The second kappa shape index (κ2) is 7.50. The lowest BCUT2D eigenvalue weighted by atomic mass is 9.84. The Morgan fingerprint density at radius 1 is 1.35 bits per heavy atom. The van der Waals surface area contributed by atoms with Crippen LogP contribution in [-0.4, -0.2) is 42.4 Å². The van der Waals surface area contributed by atoms with Gasteiger partial charge in [0.05, 0.1) is 19.2 Å². The highest BCUT2D eigenvalue weighted by molar-refractivity contribution is 5.80. The lowest BCUT2D eigenvalue weighted by molar-refractivity contribution is -0.125. The summed E-state index contributed by atoms with van der Waals surface area (Å²) in [6.07, 6.45) is 3.86. The number of ether oxygens (including phenoxy) is 1. The van der Waals surface area contributed by atoms with Crippen LogP contribution < -0.4 is 15.4 Å². The Balaban J connectivity index is 1.63. The fraction of sp³-hybridized carbons (Fsp3) is 0.500. The van der Waals surface area contributed by atoms with E-state index in [1.165, 1.54) is 5.56 Å².